The summed E-state index contributed by atoms with van der Waals surface area (Å²) in [5.74, 6) is -3.64. The molecule has 0 fully saturated rings. The molecule has 0 rings (SSSR count). The molecule has 0 aliphatic heterocycles. The van der Waals surface area contributed by atoms with E-state index in [9.17, 15) is 19.2 Å². The maximum atomic E-state index is 11.1. The summed E-state index contributed by atoms with van der Waals surface area (Å²) in [6.07, 6.45) is -0.555. The van der Waals surface area contributed by atoms with E-state index in [0.717, 1.165) is 0 Å². The molecule has 8 heteroatoms. The zero-order valence-electron chi connectivity index (χ0n) is 11.3. The number of Topliss-reactive ketones (excluding diaryl/α,β-unsaturated/α-hetero) is 1. The first kappa shape index (κ1) is 18.0. The number of carboxylic acid groups (broad SMARTS) is 1. The Balaban J connectivity index is 3.46. The van der Waals surface area contributed by atoms with Gasteiger partial charge in [0.1, 0.15) is 6.61 Å². The van der Waals surface area contributed by atoms with Crippen LogP contribution in [0.25, 0.3) is 0 Å². The van der Waals surface area contributed by atoms with Crippen molar-refractivity contribution in [2.75, 3.05) is 26.4 Å². The third-order valence-corrected chi connectivity index (χ3v) is 2.04. The fourth-order valence-corrected chi connectivity index (χ4v) is 1.10. The Kier molecular flexibility index (Phi) is 9.85. The van der Waals surface area contributed by atoms with Gasteiger partial charge in [0.05, 0.1) is 32.7 Å². The molecule has 0 saturated heterocycles. The van der Waals surface area contributed by atoms with Crippen molar-refractivity contribution in [3.8, 4) is 0 Å². The fraction of sp³-hybridized carbons (Fsp3) is 0.667. The normalized spacial score (nSPS) is 9.85. The first-order chi connectivity index (χ1) is 9.47. The standard InChI is InChI=1S/C12H18O8/c1-2-19-11(15)5-6-18-7-8-20-10(14)4-3-9(13)12(16)17/h2-8H2,1H3,(H,16,17). The molecule has 0 saturated carbocycles. The van der Waals surface area contributed by atoms with Gasteiger partial charge in [-0.2, -0.15) is 0 Å². The van der Waals surface area contributed by atoms with Crippen LogP contribution in [0.2, 0.25) is 0 Å². The molecule has 0 unspecified atom stereocenters. The van der Waals surface area contributed by atoms with Gasteiger partial charge in [0.15, 0.2) is 0 Å². The van der Waals surface area contributed by atoms with Gasteiger partial charge in [-0.1, -0.05) is 0 Å². The highest BCUT2D eigenvalue weighted by molar-refractivity contribution is 6.32. The van der Waals surface area contributed by atoms with Crippen molar-refractivity contribution < 1.29 is 38.5 Å². The molecule has 0 heterocycles. The highest BCUT2D eigenvalue weighted by atomic mass is 16.6. The zero-order valence-corrected chi connectivity index (χ0v) is 11.3. The summed E-state index contributed by atoms with van der Waals surface area (Å²) >= 11 is 0. The molecule has 1 N–H and O–H groups in total. The van der Waals surface area contributed by atoms with E-state index in [1.54, 1.807) is 6.92 Å². The molecule has 8 nitrogen and oxygen atoms in total. The van der Waals surface area contributed by atoms with Gasteiger partial charge in [-0.3, -0.25) is 14.4 Å². The number of carboxylic acids is 1. The number of carbonyl (C=O) groups excluding carboxylic acids is 3. The smallest absolute Gasteiger partial charge is 0.372 e. The summed E-state index contributed by atoms with van der Waals surface area (Å²) in [5.41, 5.74) is 0. The largest absolute Gasteiger partial charge is 0.476 e. The van der Waals surface area contributed by atoms with Crippen molar-refractivity contribution in [2.24, 2.45) is 0 Å². The number of ether oxygens (including phenoxy) is 3. The second kappa shape index (κ2) is 10.9. The Morgan fingerprint density at radius 1 is 0.850 bits per heavy atom. The lowest BCUT2D eigenvalue weighted by Crippen LogP contribution is -2.16. The summed E-state index contributed by atoms with van der Waals surface area (Å²) in [5, 5.41) is 8.29. The van der Waals surface area contributed by atoms with Crippen LogP contribution in [0.3, 0.4) is 0 Å². The molecular formula is C12H18O8. The van der Waals surface area contributed by atoms with E-state index in [1.165, 1.54) is 0 Å². The summed E-state index contributed by atoms with van der Waals surface area (Å²) in [6, 6.07) is 0. The monoisotopic (exact) mass is 290 g/mol. The van der Waals surface area contributed by atoms with E-state index in [1.807, 2.05) is 0 Å². The lowest BCUT2D eigenvalue weighted by molar-refractivity contribution is -0.151. The molecule has 0 radical (unpaired) electrons. The van der Waals surface area contributed by atoms with Crippen molar-refractivity contribution in [1.82, 2.24) is 0 Å². The molecule has 0 atom stereocenters. The SMILES string of the molecule is CCOC(=O)CCOCCOC(=O)CCC(=O)C(=O)O. The molecule has 0 bridgehead atoms. The Morgan fingerprint density at radius 3 is 2.10 bits per heavy atom. The van der Waals surface area contributed by atoms with Crippen LogP contribution in [0.4, 0.5) is 0 Å². The van der Waals surface area contributed by atoms with Gasteiger partial charge in [0, 0.05) is 6.42 Å². The summed E-state index contributed by atoms with van der Waals surface area (Å²) < 4.78 is 14.4. The van der Waals surface area contributed by atoms with E-state index in [0.29, 0.717) is 6.61 Å². The molecular weight excluding hydrogens is 272 g/mol. The quantitative estimate of drug-likeness (QED) is 0.319. The summed E-state index contributed by atoms with van der Waals surface area (Å²) in [7, 11) is 0. The van der Waals surface area contributed by atoms with Crippen LogP contribution in [0, 0.1) is 0 Å². The summed E-state index contributed by atoms with van der Waals surface area (Å²) in [6.45, 7) is 2.26. The highest BCUT2D eigenvalue weighted by Gasteiger charge is 2.14. The minimum absolute atomic E-state index is 0.0249. The fourth-order valence-electron chi connectivity index (χ4n) is 1.10. The van der Waals surface area contributed by atoms with Gasteiger partial charge in [-0.25, -0.2) is 4.79 Å². The molecule has 0 spiro atoms. The molecule has 0 aliphatic carbocycles. The Morgan fingerprint density at radius 2 is 1.50 bits per heavy atom. The average Bonchev–Trinajstić information content (AvgIpc) is 2.40. The molecule has 20 heavy (non-hydrogen) atoms. The van der Waals surface area contributed by atoms with Gasteiger partial charge in [0.25, 0.3) is 0 Å². The van der Waals surface area contributed by atoms with Crippen molar-refractivity contribution in [3.63, 3.8) is 0 Å². The number of ketones is 1. The Bertz CT molecular complexity index is 349. The van der Waals surface area contributed by atoms with Crippen LogP contribution in [0.15, 0.2) is 0 Å². The van der Waals surface area contributed by atoms with Crippen LogP contribution in [0.1, 0.15) is 26.2 Å². The van der Waals surface area contributed by atoms with Crippen LogP contribution < -0.4 is 0 Å². The minimum Gasteiger partial charge on any atom is -0.476 e. The van der Waals surface area contributed by atoms with Crippen molar-refractivity contribution in [1.29, 1.82) is 0 Å². The van der Waals surface area contributed by atoms with Crippen LogP contribution in [0.5, 0.6) is 0 Å². The molecule has 0 aromatic heterocycles. The van der Waals surface area contributed by atoms with E-state index >= 15 is 0 Å². The van der Waals surface area contributed by atoms with E-state index < -0.39 is 24.1 Å². The maximum Gasteiger partial charge on any atom is 0.372 e. The van der Waals surface area contributed by atoms with E-state index in [4.69, 9.17) is 14.6 Å². The molecule has 0 aliphatic rings. The third-order valence-electron chi connectivity index (χ3n) is 2.04. The van der Waals surface area contributed by atoms with Gasteiger partial charge < -0.3 is 19.3 Å². The number of hydrogen-bond acceptors (Lipinski definition) is 7. The van der Waals surface area contributed by atoms with E-state index in [2.05, 4.69) is 4.74 Å². The Hall–Kier alpha value is -1.96. The molecule has 0 amide bonds. The number of rotatable bonds is 11. The second-order valence-electron chi connectivity index (χ2n) is 3.62. The van der Waals surface area contributed by atoms with Crippen LogP contribution in [-0.2, 0) is 33.4 Å². The minimum atomic E-state index is -1.57. The van der Waals surface area contributed by atoms with Gasteiger partial charge >= 0.3 is 17.9 Å². The van der Waals surface area contributed by atoms with Crippen LogP contribution in [-0.4, -0.2) is 55.2 Å². The number of esters is 2. The number of carbonyl (C=O) groups is 4. The van der Waals surface area contributed by atoms with Crippen molar-refractivity contribution in [2.45, 2.75) is 26.2 Å². The number of aliphatic carboxylic acids is 1. The topological polar surface area (TPSA) is 116 Å². The number of hydrogen-bond donors (Lipinski definition) is 1. The Labute approximate surface area is 116 Å². The first-order valence-corrected chi connectivity index (χ1v) is 6.12. The van der Waals surface area contributed by atoms with Crippen molar-refractivity contribution in [3.05, 3.63) is 0 Å². The molecule has 0 aromatic carbocycles. The second-order valence-corrected chi connectivity index (χ2v) is 3.62. The van der Waals surface area contributed by atoms with Gasteiger partial charge in [-0.15, -0.1) is 0 Å². The third kappa shape index (κ3) is 10.0. The first-order valence-electron chi connectivity index (χ1n) is 6.12. The average molecular weight is 290 g/mol. The lowest BCUT2D eigenvalue weighted by Gasteiger charge is -2.05. The zero-order chi connectivity index (χ0) is 15.4. The maximum absolute atomic E-state index is 11.1. The predicted octanol–water partition coefficient (Wildman–Crippen LogP) is -0.0667. The predicted molar refractivity (Wildman–Crippen MR) is 64.9 cm³/mol. The van der Waals surface area contributed by atoms with Crippen molar-refractivity contribution >= 4 is 23.7 Å². The highest BCUT2D eigenvalue weighted by Crippen LogP contribution is 1.95. The molecule has 114 valence electrons. The van der Waals surface area contributed by atoms with Gasteiger partial charge in [-0.05, 0) is 6.92 Å². The van der Waals surface area contributed by atoms with Crippen LogP contribution >= 0.6 is 0 Å². The summed E-state index contributed by atoms with van der Waals surface area (Å²) in [4.78, 5) is 42.9. The molecule has 0 aromatic rings. The van der Waals surface area contributed by atoms with E-state index in [-0.39, 0.29) is 38.6 Å². The lowest BCUT2D eigenvalue weighted by atomic mass is 10.2. The van der Waals surface area contributed by atoms with Gasteiger partial charge in [0.2, 0.25) is 5.78 Å².